The van der Waals surface area contributed by atoms with Gasteiger partial charge in [-0.05, 0) is 60.9 Å². The van der Waals surface area contributed by atoms with E-state index >= 15 is 0 Å². The minimum absolute atomic E-state index is 0.155. The number of nitrogens with one attached hydrogen (secondary N) is 1. The second-order valence-electron chi connectivity index (χ2n) is 7.60. The van der Waals surface area contributed by atoms with Gasteiger partial charge < -0.3 is 9.84 Å². The molecule has 6 nitrogen and oxygen atoms in total. The molecule has 1 aliphatic rings. The molecule has 0 heterocycles. The predicted molar refractivity (Wildman–Crippen MR) is 139 cm³/mol. The monoisotopic (exact) mass is 501 g/mol. The number of carbonyl (C=O) groups is 1. The van der Waals surface area contributed by atoms with Crippen LogP contribution in [0.25, 0.3) is 0 Å². The van der Waals surface area contributed by atoms with E-state index in [1.54, 1.807) is 0 Å². The molecule has 0 aliphatic heterocycles. The van der Waals surface area contributed by atoms with Crippen LogP contribution in [0.2, 0.25) is 0 Å². The molecule has 0 aromatic heterocycles. The van der Waals surface area contributed by atoms with Gasteiger partial charge in [-0.1, -0.05) is 50.5 Å². The maximum Gasteiger partial charge on any atom is 0.536 e. The summed E-state index contributed by atoms with van der Waals surface area (Å²) in [6.45, 7) is 6.62. The Labute approximate surface area is 214 Å². The summed E-state index contributed by atoms with van der Waals surface area (Å²) < 4.78 is 21.6. The first-order chi connectivity index (χ1) is 17.4. The first kappa shape index (κ1) is 30.1. The Kier molecular flexibility index (Phi) is 15.4. The zero-order valence-corrected chi connectivity index (χ0v) is 21.4. The molecule has 2 atom stereocenters. The van der Waals surface area contributed by atoms with Gasteiger partial charge in [-0.3, -0.25) is 14.2 Å². The van der Waals surface area contributed by atoms with Gasteiger partial charge in [0.05, 0.1) is 18.2 Å². The largest absolute Gasteiger partial charge is 0.536 e. The summed E-state index contributed by atoms with van der Waals surface area (Å²) in [4.78, 5) is 21.3. The third kappa shape index (κ3) is 15.8. The lowest BCUT2D eigenvalue weighted by Gasteiger charge is -2.27. The lowest BCUT2D eigenvalue weighted by molar-refractivity contribution is -0.120. The molecule has 7 heteroatoms. The average molecular weight is 502 g/mol. The van der Waals surface area contributed by atoms with E-state index in [1.807, 2.05) is 13.0 Å². The van der Waals surface area contributed by atoms with Crippen molar-refractivity contribution in [1.29, 1.82) is 0 Å². The fourth-order valence-electron chi connectivity index (χ4n) is 3.27. The summed E-state index contributed by atoms with van der Waals surface area (Å²) in [5, 5.41) is 2.77. The van der Waals surface area contributed by atoms with Crippen LogP contribution >= 0.6 is 7.82 Å². The summed E-state index contributed by atoms with van der Waals surface area (Å²) in [7, 11) is -4.42. The fraction of sp³-hybridized carbons (Fsp3) is 0.414. The van der Waals surface area contributed by atoms with Gasteiger partial charge in [0.1, 0.15) is 6.11 Å². The van der Waals surface area contributed by atoms with Crippen LogP contribution < -0.4 is 5.32 Å². The highest BCUT2D eigenvalue weighted by molar-refractivity contribution is 7.47. The van der Waals surface area contributed by atoms with Gasteiger partial charge in [0.2, 0.25) is 5.91 Å². The van der Waals surface area contributed by atoms with Crippen LogP contribution in [-0.2, 0) is 18.4 Å². The summed E-state index contributed by atoms with van der Waals surface area (Å²) in [5.74, 6) is 27.7. The van der Waals surface area contributed by atoms with Crippen molar-refractivity contribution in [2.75, 3.05) is 6.61 Å². The number of phosphoric ester groups is 1. The van der Waals surface area contributed by atoms with Crippen molar-refractivity contribution >= 4 is 13.7 Å². The van der Waals surface area contributed by atoms with Crippen molar-refractivity contribution in [2.45, 2.75) is 64.8 Å². The lowest BCUT2D eigenvalue weighted by Crippen LogP contribution is -2.38. The number of carbonyl (C=O) groups excluding carboxylic acids is 1. The molecule has 184 valence electrons. The molecule has 1 aliphatic carbocycles. The molecule has 1 amide bonds. The summed E-state index contributed by atoms with van der Waals surface area (Å²) >= 11 is 0. The SMILES string of the molecule is C=C=C=C(C#CC#CC#CC#CC#CC#COP(=O)(O)OCC(CC1CCCCC1)NC(C)=O)CC. The minimum Gasteiger partial charge on any atom is -0.351 e. The van der Waals surface area contributed by atoms with Crippen LogP contribution in [0.3, 0.4) is 0 Å². The third-order valence-electron chi connectivity index (χ3n) is 4.77. The number of hydrogen-bond donors (Lipinski definition) is 2. The Morgan fingerprint density at radius 2 is 1.61 bits per heavy atom. The highest BCUT2D eigenvalue weighted by Crippen LogP contribution is 2.43. The molecule has 1 saturated carbocycles. The number of hydrogen-bond acceptors (Lipinski definition) is 4. The molecular formula is C29H28NO5P. The second-order valence-corrected chi connectivity index (χ2v) is 8.98. The summed E-state index contributed by atoms with van der Waals surface area (Å²) in [6.07, 6.45) is 9.10. The van der Waals surface area contributed by atoms with Crippen LogP contribution in [0, 0.1) is 77.1 Å². The van der Waals surface area contributed by atoms with E-state index in [2.05, 4.69) is 93.0 Å². The lowest BCUT2D eigenvalue weighted by atomic mass is 9.85. The van der Waals surface area contributed by atoms with E-state index in [0.717, 1.165) is 31.3 Å². The minimum atomic E-state index is -4.42. The van der Waals surface area contributed by atoms with E-state index in [-0.39, 0.29) is 18.6 Å². The number of allylic oxidation sites excluding steroid dienone is 1. The normalized spacial score (nSPS) is 13.8. The molecule has 0 bridgehead atoms. The zero-order chi connectivity index (χ0) is 26.5. The number of amides is 1. The van der Waals surface area contributed by atoms with Crippen molar-refractivity contribution < 1.29 is 23.3 Å². The highest BCUT2D eigenvalue weighted by Gasteiger charge is 2.26. The van der Waals surface area contributed by atoms with Gasteiger partial charge in [0.15, 0.2) is 0 Å². The average Bonchev–Trinajstić information content (AvgIpc) is 2.85. The topological polar surface area (TPSA) is 84.9 Å². The molecule has 1 fully saturated rings. The van der Waals surface area contributed by atoms with E-state index < -0.39 is 7.82 Å². The van der Waals surface area contributed by atoms with E-state index in [0.29, 0.717) is 18.8 Å². The van der Waals surface area contributed by atoms with E-state index in [4.69, 9.17) is 4.52 Å². The predicted octanol–water partition coefficient (Wildman–Crippen LogP) is 3.85. The summed E-state index contributed by atoms with van der Waals surface area (Å²) in [6, 6.07) is -0.379. The van der Waals surface area contributed by atoms with Crippen molar-refractivity contribution in [1.82, 2.24) is 5.32 Å². The third-order valence-corrected chi connectivity index (χ3v) is 5.57. The molecule has 2 unspecified atom stereocenters. The molecule has 0 aromatic rings. The first-order valence-corrected chi connectivity index (χ1v) is 12.9. The maximum atomic E-state index is 12.0. The second kappa shape index (κ2) is 18.4. The van der Waals surface area contributed by atoms with Gasteiger partial charge in [0.25, 0.3) is 0 Å². The molecule has 0 radical (unpaired) electrons. The van der Waals surface area contributed by atoms with Gasteiger partial charge in [0, 0.05) is 36.5 Å². The first-order valence-electron chi connectivity index (χ1n) is 11.4. The standard InChI is InChI=1S/C29H28NO5P/c1-4-19-27(5-2)20-15-12-10-8-6-7-9-11-13-18-23-34-36(32,33)35-25-29(30-26(3)31)24-28-21-16-14-17-22-28/h28-29H,1,5,14,16-17,21-22,24-25H2,2-3H3,(H,30,31)(H,32,33). The molecule has 36 heavy (non-hydrogen) atoms. The van der Waals surface area contributed by atoms with Crippen LogP contribution in [-0.4, -0.2) is 23.4 Å². The highest BCUT2D eigenvalue weighted by atomic mass is 31.2. The quantitative estimate of drug-likeness (QED) is 0.300. The molecule has 0 spiro atoms. The molecule has 1 rings (SSSR count). The van der Waals surface area contributed by atoms with E-state index in [1.165, 1.54) is 13.3 Å². The van der Waals surface area contributed by atoms with Gasteiger partial charge in [-0.25, -0.2) is 4.57 Å². The molecular weight excluding hydrogens is 473 g/mol. The Balaban J connectivity index is 2.51. The van der Waals surface area contributed by atoms with Gasteiger partial charge in [-0.15, -0.1) is 0 Å². The number of rotatable bonds is 8. The molecule has 0 aromatic carbocycles. The van der Waals surface area contributed by atoms with Crippen molar-refractivity contribution in [2.24, 2.45) is 5.92 Å². The van der Waals surface area contributed by atoms with E-state index in [9.17, 15) is 14.3 Å². The Hall–Kier alpha value is -3.92. The number of phosphoric acid groups is 1. The fourth-order valence-corrected chi connectivity index (χ4v) is 3.85. The van der Waals surface area contributed by atoms with Crippen molar-refractivity contribution in [3.63, 3.8) is 0 Å². The van der Waals surface area contributed by atoms with Crippen LogP contribution in [0.4, 0.5) is 0 Å². The maximum absolute atomic E-state index is 12.0. The van der Waals surface area contributed by atoms with Crippen molar-refractivity contribution in [3.8, 4) is 71.2 Å². The Morgan fingerprint density at radius 3 is 2.17 bits per heavy atom. The van der Waals surface area contributed by atoms with Crippen molar-refractivity contribution in [3.05, 3.63) is 23.6 Å². The molecule has 0 saturated heterocycles. The zero-order valence-electron chi connectivity index (χ0n) is 20.5. The van der Waals surface area contributed by atoms with Crippen LogP contribution in [0.1, 0.15) is 58.8 Å². The van der Waals surface area contributed by atoms with Gasteiger partial charge in [-0.2, -0.15) is 0 Å². The Morgan fingerprint density at radius 1 is 1.03 bits per heavy atom. The smallest absolute Gasteiger partial charge is 0.351 e. The van der Waals surface area contributed by atoms with Crippen LogP contribution in [0.15, 0.2) is 23.6 Å². The molecule has 2 N–H and O–H groups in total. The van der Waals surface area contributed by atoms with Gasteiger partial charge >= 0.3 is 7.82 Å². The summed E-state index contributed by atoms with van der Waals surface area (Å²) in [5.41, 5.74) is 6.07. The Bertz CT molecular complexity index is 1290. The van der Waals surface area contributed by atoms with Crippen LogP contribution in [0.5, 0.6) is 0 Å².